The second kappa shape index (κ2) is 4.82. The van der Waals surface area contributed by atoms with Gasteiger partial charge < -0.3 is 10.3 Å². The molecule has 0 amide bonds. The van der Waals surface area contributed by atoms with Crippen molar-refractivity contribution in [2.45, 2.75) is 13.1 Å². The second-order valence-corrected chi connectivity index (χ2v) is 4.48. The average Bonchev–Trinajstić information content (AvgIpc) is 2.84. The number of hydrogen-bond acceptors (Lipinski definition) is 2. The minimum absolute atomic E-state index is 0.186. The van der Waals surface area contributed by atoms with Gasteiger partial charge in [-0.15, -0.1) is 0 Å². The van der Waals surface area contributed by atoms with Crippen LogP contribution in [0.15, 0.2) is 48.8 Å². The molecule has 0 radical (unpaired) electrons. The van der Waals surface area contributed by atoms with Crippen LogP contribution in [0.5, 0.6) is 0 Å². The van der Waals surface area contributed by atoms with Gasteiger partial charge in [-0.1, -0.05) is 6.07 Å². The van der Waals surface area contributed by atoms with Gasteiger partial charge in [0.2, 0.25) is 0 Å². The van der Waals surface area contributed by atoms with Crippen LogP contribution in [0.1, 0.15) is 11.3 Å². The maximum atomic E-state index is 13.6. The van der Waals surface area contributed by atoms with E-state index in [1.807, 2.05) is 29.0 Å². The lowest BCUT2D eigenvalue weighted by Gasteiger charge is -2.07. The van der Waals surface area contributed by atoms with Crippen LogP contribution < -0.4 is 5.73 Å². The van der Waals surface area contributed by atoms with Gasteiger partial charge in [0, 0.05) is 30.9 Å². The maximum Gasteiger partial charge on any atom is 0.132 e. The van der Waals surface area contributed by atoms with E-state index in [0.717, 1.165) is 16.8 Å². The second-order valence-electron chi connectivity index (χ2n) is 4.48. The van der Waals surface area contributed by atoms with E-state index in [2.05, 4.69) is 4.98 Å². The molecule has 2 aromatic heterocycles. The molecule has 0 saturated heterocycles. The number of aromatic nitrogens is 2. The fourth-order valence-corrected chi connectivity index (χ4v) is 2.26. The van der Waals surface area contributed by atoms with E-state index in [9.17, 15) is 4.39 Å². The van der Waals surface area contributed by atoms with E-state index in [1.54, 1.807) is 18.3 Å². The molecule has 1 aromatic carbocycles. The molecule has 0 atom stereocenters. The van der Waals surface area contributed by atoms with E-state index in [4.69, 9.17) is 5.73 Å². The van der Waals surface area contributed by atoms with Crippen molar-refractivity contribution in [1.29, 1.82) is 0 Å². The van der Waals surface area contributed by atoms with Crippen molar-refractivity contribution in [3.05, 3.63) is 65.9 Å². The van der Waals surface area contributed by atoms with Gasteiger partial charge in [0.1, 0.15) is 5.82 Å². The van der Waals surface area contributed by atoms with Crippen LogP contribution in [-0.4, -0.2) is 9.55 Å². The van der Waals surface area contributed by atoms with Gasteiger partial charge in [0.15, 0.2) is 0 Å². The van der Waals surface area contributed by atoms with Gasteiger partial charge in [-0.05, 0) is 35.9 Å². The summed E-state index contributed by atoms with van der Waals surface area (Å²) in [5, 5.41) is 0.649. The smallest absolute Gasteiger partial charge is 0.132 e. The summed E-state index contributed by atoms with van der Waals surface area (Å²) in [5.41, 5.74) is 8.45. The van der Waals surface area contributed by atoms with Crippen LogP contribution in [0.2, 0.25) is 0 Å². The summed E-state index contributed by atoms with van der Waals surface area (Å²) < 4.78 is 15.6. The highest BCUT2D eigenvalue weighted by Crippen LogP contribution is 2.20. The molecule has 0 spiro atoms. The highest BCUT2D eigenvalue weighted by Gasteiger charge is 2.05. The molecule has 0 fully saturated rings. The topological polar surface area (TPSA) is 43.8 Å². The normalized spacial score (nSPS) is 11.1. The lowest BCUT2D eigenvalue weighted by molar-refractivity contribution is 0.639. The monoisotopic (exact) mass is 255 g/mol. The van der Waals surface area contributed by atoms with Crippen molar-refractivity contribution in [3.63, 3.8) is 0 Å². The Kier molecular flexibility index (Phi) is 3.01. The van der Waals surface area contributed by atoms with Gasteiger partial charge in [0.25, 0.3) is 0 Å². The highest BCUT2D eigenvalue weighted by molar-refractivity contribution is 5.80. The van der Waals surface area contributed by atoms with Crippen molar-refractivity contribution in [3.8, 4) is 0 Å². The lowest BCUT2D eigenvalue weighted by atomic mass is 10.2. The van der Waals surface area contributed by atoms with E-state index in [1.165, 1.54) is 6.07 Å². The van der Waals surface area contributed by atoms with E-state index < -0.39 is 0 Å². The van der Waals surface area contributed by atoms with Gasteiger partial charge in [-0.2, -0.15) is 0 Å². The van der Waals surface area contributed by atoms with Crippen molar-refractivity contribution < 1.29 is 4.39 Å². The number of halogens is 1. The summed E-state index contributed by atoms with van der Waals surface area (Å²) in [6.45, 7) is 1.11. The molecule has 3 nitrogen and oxygen atoms in total. The minimum Gasteiger partial charge on any atom is -0.343 e. The minimum atomic E-state index is -0.186. The molecule has 2 N–H and O–H groups in total. The summed E-state index contributed by atoms with van der Waals surface area (Å²) >= 11 is 0. The Bertz CT molecular complexity index is 718. The third-order valence-corrected chi connectivity index (χ3v) is 3.20. The number of nitrogens with two attached hydrogens (primary N) is 1. The third kappa shape index (κ3) is 2.22. The molecule has 3 aromatic rings. The number of hydrogen-bond donors (Lipinski definition) is 1. The van der Waals surface area contributed by atoms with Crippen LogP contribution >= 0.6 is 0 Å². The van der Waals surface area contributed by atoms with E-state index >= 15 is 0 Å². The lowest BCUT2D eigenvalue weighted by Crippen LogP contribution is -2.03. The van der Waals surface area contributed by atoms with Crippen LogP contribution in [-0.2, 0) is 13.1 Å². The zero-order valence-electron chi connectivity index (χ0n) is 10.4. The van der Waals surface area contributed by atoms with E-state index in [-0.39, 0.29) is 5.82 Å². The third-order valence-electron chi connectivity index (χ3n) is 3.20. The molecule has 2 heterocycles. The Morgan fingerprint density at radius 3 is 2.95 bits per heavy atom. The SMILES string of the molecule is NCc1cc(Cn2ccc3c(F)cccc32)ccn1. The van der Waals surface area contributed by atoms with Crippen LogP contribution in [0.25, 0.3) is 10.9 Å². The van der Waals surface area contributed by atoms with Crippen LogP contribution in [0.3, 0.4) is 0 Å². The van der Waals surface area contributed by atoms with Crippen LogP contribution in [0, 0.1) is 5.82 Å². The Morgan fingerprint density at radius 2 is 2.11 bits per heavy atom. The van der Waals surface area contributed by atoms with Crippen molar-refractivity contribution >= 4 is 10.9 Å². The number of nitrogens with zero attached hydrogens (tertiary/aromatic N) is 2. The molecule has 3 rings (SSSR count). The zero-order chi connectivity index (χ0) is 13.2. The summed E-state index contributed by atoms with van der Waals surface area (Å²) in [5.74, 6) is -0.186. The molecule has 96 valence electrons. The number of fused-ring (bicyclic) bond motifs is 1. The summed E-state index contributed by atoms with van der Waals surface area (Å²) in [6.07, 6.45) is 3.65. The molecular weight excluding hydrogens is 241 g/mol. The molecule has 0 aliphatic carbocycles. The molecule has 19 heavy (non-hydrogen) atoms. The number of rotatable bonds is 3. The molecule has 0 aliphatic heterocycles. The average molecular weight is 255 g/mol. The van der Waals surface area contributed by atoms with Crippen molar-refractivity contribution in [2.24, 2.45) is 5.73 Å². The molecule has 0 saturated carbocycles. The Balaban J connectivity index is 1.99. The standard InChI is InChI=1S/C15H14FN3/c16-14-2-1-3-15-13(14)5-7-19(15)10-11-4-6-18-12(8-11)9-17/h1-8H,9-10,17H2. The first-order valence-corrected chi connectivity index (χ1v) is 6.15. The molecular formula is C15H14FN3. The number of benzene rings is 1. The molecule has 4 heteroatoms. The first-order chi connectivity index (χ1) is 9.28. The molecule has 0 bridgehead atoms. The first kappa shape index (κ1) is 11.9. The summed E-state index contributed by atoms with van der Waals surface area (Å²) in [7, 11) is 0. The predicted molar refractivity (Wildman–Crippen MR) is 73.1 cm³/mol. The van der Waals surface area contributed by atoms with Crippen molar-refractivity contribution in [1.82, 2.24) is 9.55 Å². The summed E-state index contributed by atoms with van der Waals surface area (Å²) in [4.78, 5) is 4.17. The van der Waals surface area contributed by atoms with Crippen LogP contribution in [0.4, 0.5) is 4.39 Å². The predicted octanol–water partition coefficient (Wildman–Crippen LogP) is 2.68. The quantitative estimate of drug-likeness (QED) is 0.782. The maximum absolute atomic E-state index is 13.6. The fraction of sp³-hybridized carbons (Fsp3) is 0.133. The first-order valence-electron chi connectivity index (χ1n) is 6.15. The van der Waals surface area contributed by atoms with E-state index in [0.29, 0.717) is 18.5 Å². The Labute approximate surface area is 110 Å². The fourth-order valence-electron chi connectivity index (χ4n) is 2.26. The Morgan fingerprint density at radius 1 is 1.21 bits per heavy atom. The van der Waals surface area contributed by atoms with Gasteiger partial charge in [-0.25, -0.2) is 4.39 Å². The highest BCUT2D eigenvalue weighted by atomic mass is 19.1. The van der Waals surface area contributed by atoms with Gasteiger partial charge in [0.05, 0.1) is 11.2 Å². The van der Waals surface area contributed by atoms with Crippen molar-refractivity contribution in [2.75, 3.05) is 0 Å². The zero-order valence-corrected chi connectivity index (χ0v) is 10.4. The number of pyridine rings is 1. The summed E-state index contributed by atoms with van der Waals surface area (Å²) in [6, 6.07) is 10.9. The molecule has 0 aliphatic rings. The molecule has 0 unspecified atom stereocenters. The van der Waals surface area contributed by atoms with Gasteiger partial charge >= 0.3 is 0 Å². The Hall–Kier alpha value is -2.20. The largest absolute Gasteiger partial charge is 0.343 e. The van der Waals surface area contributed by atoms with Gasteiger partial charge in [-0.3, -0.25) is 4.98 Å².